The second-order valence-corrected chi connectivity index (χ2v) is 6.01. The fourth-order valence-electron chi connectivity index (χ4n) is 1.53. The predicted octanol–water partition coefficient (Wildman–Crippen LogP) is 3.84. The number of nitrogens with zero attached hydrogens (tertiary/aromatic N) is 2. The zero-order valence-corrected chi connectivity index (χ0v) is 12.0. The summed E-state index contributed by atoms with van der Waals surface area (Å²) in [6.45, 7) is 8.59. The van der Waals surface area contributed by atoms with Crippen molar-refractivity contribution in [3.63, 3.8) is 0 Å². The van der Waals surface area contributed by atoms with Crippen LogP contribution in [-0.4, -0.2) is 20.2 Å². The van der Waals surface area contributed by atoms with Gasteiger partial charge in [0, 0.05) is 5.92 Å². The Kier molecular flexibility index (Phi) is 3.44. The summed E-state index contributed by atoms with van der Waals surface area (Å²) in [6.07, 6.45) is 0. The zero-order valence-electron chi connectivity index (χ0n) is 10.4. The SMILES string of the molecule is CC(C)c1nc(C(C)C)c(-c2nc(=S)[nH][nH]2)s1. The highest BCUT2D eigenvalue weighted by molar-refractivity contribution is 7.71. The number of H-pyrrole nitrogens is 2. The lowest BCUT2D eigenvalue weighted by Gasteiger charge is -2.02. The molecule has 2 aromatic heterocycles. The van der Waals surface area contributed by atoms with Crippen molar-refractivity contribution in [3.05, 3.63) is 15.5 Å². The summed E-state index contributed by atoms with van der Waals surface area (Å²) in [5, 5.41) is 6.97. The maximum atomic E-state index is 4.99. The van der Waals surface area contributed by atoms with E-state index in [2.05, 4.69) is 42.9 Å². The van der Waals surface area contributed by atoms with Crippen LogP contribution in [0.3, 0.4) is 0 Å². The van der Waals surface area contributed by atoms with Crippen LogP contribution < -0.4 is 0 Å². The standard InChI is InChI=1S/C11H16N4S2/c1-5(2)7-8(9-13-11(16)15-14-9)17-10(12-7)6(3)4/h5-6H,1-4H3,(H2,13,14,15,16). The lowest BCUT2D eigenvalue weighted by molar-refractivity contribution is 0.793. The van der Waals surface area contributed by atoms with Gasteiger partial charge in [-0.2, -0.15) is 4.98 Å². The Morgan fingerprint density at radius 1 is 1.06 bits per heavy atom. The van der Waals surface area contributed by atoms with Crippen LogP contribution in [0.25, 0.3) is 10.7 Å². The van der Waals surface area contributed by atoms with E-state index < -0.39 is 0 Å². The van der Waals surface area contributed by atoms with Crippen molar-refractivity contribution in [1.82, 2.24) is 20.2 Å². The number of rotatable bonds is 3. The lowest BCUT2D eigenvalue weighted by Crippen LogP contribution is -1.93. The molecule has 0 amide bonds. The first-order valence-corrected chi connectivity index (χ1v) is 6.87. The van der Waals surface area contributed by atoms with E-state index in [9.17, 15) is 0 Å². The molecule has 2 heterocycles. The Morgan fingerprint density at radius 3 is 2.24 bits per heavy atom. The van der Waals surface area contributed by atoms with Crippen LogP contribution >= 0.6 is 23.6 Å². The average Bonchev–Trinajstić information content (AvgIpc) is 2.82. The van der Waals surface area contributed by atoms with Gasteiger partial charge in [-0.05, 0) is 18.1 Å². The van der Waals surface area contributed by atoms with Crippen molar-refractivity contribution < 1.29 is 0 Å². The largest absolute Gasteiger partial charge is 0.281 e. The van der Waals surface area contributed by atoms with E-state index in [4.69, 9.17) is 17.2 Å². The molecule has 0 fully saturated rings. The van der Waals surface area contributed by atoms with Gasteiger partial charge in [0.2, 0.25) is 4.77 Å². The van der Waals surface area contributed by atoms with Gasteiger partial charge in [0.15, 0.2) is 5.82 Å². The Balaban J connectivity index is 2.55. The van der Waals surface area contributed by atoms with Gasteiger partial charge in [-0.3, -0.25) is 10.2 Å². The van der Waals surface area contributed by atoms with Crippen LogP contribution in [-0.2, 0) is 0 Å². The minimum Gasteiger partial charge on any atom is -0.281 e. The Morgan fingerprint density at radius 2 is 1.76 bits per heavy atom. The van der Waals surface area contributed by atoms with Gasteiger partial charge in [0.05, 0.1) is 15.6 Å². The summed E-state index contributed by atoms with van der Waals surface area (Å²) in [4.78, 5) is 10.1. The fraction of sp³-hybridized carbons (Fsp3) is 0.545. The molecule has 0 saturated heterocycles. The van der Waals surface area contributed by atoms with Gasteiger partial charge in [-0.1, -0.05) is 27.7 Å². The number of hydrogen-bond acceptors (Lipinski definition) is 4. The van der Waals surface area contributed by atoms with E-state index in [1.807, 2.05) is 0 Å². The van der Waals surface area contributed by atoms with Crippen LogP contribution in [0.15, 0.2) is 0 Å². The van der Waals surface area contributed by atoms with E-state index in [0.29, 0.717) is 16.6 Å². The first-order chi connectivity index (χ1) is 7.99. The molecule has 2 N–H and O–H groups in total. The third kappa shape index (κ3) is 2.47. The smallest absolute Gasteiger partial charge is 0.213 e. The topological polar surface area (TPSA) is 57.4 Å². The summed E-state index contributed by atoms with van der Waals surface area (Å²) in [5.74, 6) is 1.61. The van der Waals surface area contributed by atoms with Crippen LogP contribution in [0.4, 0.5) is 0 Å². The third-order valence-electron chi connectivity index (χ3n) is 2.43. The molecule has 0 saturated carbocycles. The molecule has 2 aromatic rings. The molecular formula is C11H16N4S2. The lowest BCUT2D eigenvalue weighted by atomic mass is 10.1. The minimum absolute atomic E-state index is 0.382. The summed E-state index contributed by atoms with van der Waals surface area (Å²) in [7, 11) is 0. The second kappa shape index (κ2) is 4.70. The van der Waals surface area contributed by atoms with Gasteiger partial charge in [0.1, 0.15) is 0 Å². The number of aromatic nitrogens is 4. The summed E-state index contributed by atoms with van der Waals surface area (Å²) < 4.78 is 0.481. The van der Waals surface area contributed by atoms with Crippen LogP contribution in [0.1, 0.15) is 50.2 Å². The average molecular weight is 268 g/mol. The molecule has 6 heteroatoms. The maximum absolute atomic E-state index is 4.99. The molecule has 0 aromatic carbocycles. The molecule has 0 spiro atoms. The van der Waals surface area contributed by atoms with E-state index >= 15 is 0 Å². The molecule has 2 rings (SSSR count). The first-order valence-electron chi connectivity index (χ1n) is 5.64. The second-order valence-electron chi connectivity index (χ2n) is 4.59. The normalized spacial score (nSPS) is 11.6. The maximum Gasteiger partial charge on any atom is 0.213 e. The molecule has 0 atom stereocenters. The van der Waals surface area contributed by atoms with Crippen LogP contribution in [0, 0.1) is 4.77 Å². The summed E-state index contributed by atoms with van der Waals surface area (Å²) >= 11 is 6.68. The fourth-order valence-corrected chi connectivity index (χ4v) is 2.85. The van der Waals surface area contributed by atoms with Gasteiger partial charge in [-0.15, -0.1) is 11.3 Å². The number of aromatic amines is 2. The highest BCUT2D eigenvalue weighted by Gasteiger charge is 2.19. The van der Waals surface area contributed by atoms with Crippen molar-refractivity contribution in [2.75, 3.05) is 0 Å². The molecule has 0 bridgehead atoms. The zero-order chi connectivity index (χ0) is 12.6. The van der Waals surface area contributed by atoms with E-state index in [1.165, 1.54) is 0 Å². The van der Waals surface area contributed by atoms with E-state index in [0.717, 1.165) is 21.4 Å². The molecule has 17 heavy (non-hydrogen) atoms. The molecular weight excluding hydrogens is 252 g/mol. The molecule has 0 aliphatic carbocycles. The highest BCUT2D eigenvalue weighted by atomic mass is 32.1. The minimum atomic E-state index is 0.382. The molecule has 0 unspecified atom stereocenters. The van der Waals surface area contributed by atoms with E-state index in [-0.39, 0.29) is 0 Å². The van der Waals surface area contributed by atoms with E-state index in [1.54, 1.807) is 11.3 Å². The molecule has 92 valence electrons. The van der Waals surface area contributed by atoms with Crippen LogP contribution in [0.5, 0.6) is 0 Å². The van der Waals surface area contributed by atoms with Crippen molar-refractivity contribution in [2.45, 2.75) is 39.5 Å². The third-order valence-corrected chi connectivity index (χ3v) is 4.00. The Bertz CT molecular complexity index is 562. The number of nitrogens with one attached hydrogen (secondary N) is 2. The summed E-state index contributed by atoms with van der Waals surface area (Å²) in [5.41, 5.74) is 1.09. The Hall–Kier alpha value is -1.01. The molecule has 0 radical (unpaired) electrons. The van der Waals surface area contributed by atoms with Crippen molar-refractivity contribution in [2.24, 2.45) is 0 Å². The van der Waals surface area contributed by atoms with Gasteiger partial charge in [-0.25, -0.2) is 4.98 Å². The molecule has 4 nitrogen and oxygen atoms in total. The molecule has 0 aliphatic heterocycles. The number of hydrogen-bond donors (Lipinski definition) is 2. The van der Waals surface area contributed by atoms with Gasteiger partial charge in [0.25, 0.3) is 0 Å². The highest BCUT2D eigenvalue weighted by Crippen LogP contribution is 2.35. The van der Waals surface area contributed by atoms with Crippen LogP contribution in [0.2, 0.25) is 0 Å². The van der Waals surface area contributed by atoms with Crippen molar-refractivity contribution in [1.29, 1.82) is 0 Å². The van der Waals surface area contributed by atoms with Crippen molar-refractivity contribution in [3.8, 4) is 10.7 Å². The Labute approximate surface area is 110 Å². The molecule has 0 aliphatic rings. The summed E-state index contributed by atoms with van der Waals surface area (Å²) in [6, 6.07) is 0. The van der Waals surface area contributed by atoms with Gasteiger partial charge < -0.3 is 0 Å². The van der Waals surface area contributed by atoms with Crippen molar-refractivity contribution >= 4 is 23.6 Å². The quantitative estimate of drug-likeness (QED) is 0.832. The monoisotopic (exact) mass is 268 g/mol. The predicted molar refractivity (Wildman–Crippen MR) is 73.1 cm³/mol. The first kappa shape index (κ1) is 12.4. The van der Waals surface area contributed by atoms with Gasteiger partial charge >= 0.3 is 0 Å². The number of thiazole rings is 1.